The minimum Gasteiger partial charge on any atom is -0.393 e. The molecule has 2 N–H and O–H groups in total. The number of hydrogen-bond donors (Lipinski definition) is 1. The van der Waals surface area contributed by atoms with Crippen molar-refractivity contribution in [2.24, 2.45) is 0 Å². The number of anilines is 1. The molecule has 16 heavy (non-hydrogen) atoms. The van der Waals surface area contributed by atoms with E-state index in [4.69, 9.17) is 5.73 Å². The van der Waals surface area contributed by atoms with Crippen molar-refractivity contribution in [3.63, 3.8) is 0 Å². The quantitative estimate of drug-likeness (QED) is 0.268. The van der Waals surface area contributed by atoms with E-state index in [0.717, 1.165) is 12.1 Å². The Balaban J connectivity index is 3.21. The highest BCUT2D eigenvalue weighted by molar-refractivity contribution is 5.62. The average molecular weight is 222 g/mol. The molecule has 1 rings (SSSR count). The van der Waals surface area contributed by atoms with Crippen molar-refractivity contribution >= 4 is 17.7 Å². The Labute approximate surface area is 90.2 Å². The summed E-state index contributed by atoms with van der Waals surface area (Å²) in [7, 11) is 0. The van der Waals surface area contributed by atoms with Crippen LogP contribution >= 0.6 is 0 Å². The second-order valence-corrected chi connectivity index (χ2v) is 2.82. The van der Waals surface area contributed by atoms with Crippen molar-refractivity contribution < 1.29 is 14.1 Å². The Morgan fingerprint density at radius 2 is 2.25 bits per heavy atom. The van der Waals surface area contributed by atoms with Crippen LogP contribution in [0.25, 0.3) is 0 Å². The minimum atomic E-state index is -0.749. The fraction of sp³-hybridized carbons (Fsp3) is 0.100. The molecule has 0 aromatic heterocycles. The highest BCUT2D eigenvalue weighted by Gasteiger charge is 2.14. The summed E-state index contributed by atoms with van der Waals surface area (Å²) in [5, 5.41) is 10.5. The van der Waals surface area contributed by atoms with Gasteiger partial charge in [-0.15, -0.1) is 0 Å². The summed E-state index contributed by atoms with van der Waals surface area (Å²) in [5.74, 6) is 3.93. The summed E-state index contributed by atoms with van der Waals surface area (Å²) in [4.78, 5) is 19.8. The molecule has 6 heteroatoms. The first kappa shape index (κ1) is 11.7. The van der Waals surface area contributed by atoms with Gasteiger partial charge in [0.15, 0.2) is 0 Å². The normalized spacial score (nSPS) is 9.06. The van der Waals surface area contributed by atoms with Gasteiger partial charge >= 0.3 is 0 Å². The number of nitrogens with two attached hydrogens (primary N) is 1. The van der Waals surface area contributed by atoms with Gasteiger partial charge in [0, 0.05) is 12.1 Å². The van der Waals surface area contributed by atoms with E-state index in [9.17, 15) is 19.3 Å². The fourth-order valence-corrected chi connectivity index (χ4v) is 1.02. The predicted molar refractivity (Wildman–Crippen MR) is 55.0 cm³/mol. The van der Waals surface area contributed by atoms with E-state index in [-0.39, 0.29) is 17.7 Å². The maximum Gasteiger partial charge on any atom is 0.293 e. The lowest BCUT2D eigenvalue weighted by Crippen LogP contribution is -1.98. The zero-order valence-corrected chi connectivity index (χ0v) is 8.07. The largest absolute Gasteiger partial charge is 0.393 e. The Morgan fingerprint density at radius 3 is 2.81 bits per heavy atom. The average Bonchev–Trinajstić information content (AvgIpc) is 2.21. The van der Waals surface area contributed by atoms with Crippen molar-refractivity contribution in [2.75, 3.05) is 5.73 Å². The van der Waals surface area contributed by atoms with Crippen molar-refractivity contribution in [1.29, 1.82) is 0 Å². The van der Waals surface area contributed by atoms with Crippen LogP contribution in [-0.2, 0) is 4.79 Å². The number of nitro groups is 1. The molecule has 0 saturated heterocycles. The highest BCUT2D eigenvalue weighted by atomic mass is 19.1. The van der Waals surface area contributed by atoms with E-state index >= 15 is 0 Å². The van der Waals surface area contributed by atoms with Crippen molar-refractivity contribution in [3.8, 4) is 11.8 Å². The van der Waals surface area contributed by atoms with Crippen molar-refractivity contribution in [3.05, 3.63) is 33.6 Å². The first-order valence-electron chi connectivity index (χ1n) is 4.22. The summed E-state index contributed by atoms with van der Waals surface area (Å²) < 4.78 is 13.2. The van der Waals surface area contributed by atoms with Crippen LogP contribution in [0.15, 0.2) is 12.1 Å². The maximum absolute atomic E-state index is 13.2. The molecular formula is C10H7FN2O3. The lowest BCUT2D eigenvalue weighted by Gasteiger charge is -1.99. The van der Waals surface area contributed by atoms with Gasteiger partial charge in [0.2, 0.25) is 0 Å². The lowest BCUT2D eigenvalue weighted by atomic mass is 10.1. The van der Waals surface area contributed by atoms with Gasteiger partial charge in [-0.1, -0.05) is 11.8 Å². The zero-order valence-electron chi connectivity index (χ0n) is 8.07. The van der Waals surface area contributed by atoms with E-state index in [1.54, 1.807) is 0 Å². The number of aldehydes is 1. The van der Waals surface area contributed by atoms with E-state index in [1.807, 2.05) is 0 Å². The molecule has 0 aliphatic rings. The molecule has 1 aromatic rings. The van der Waals surface area contributed by atoms with Crippen LogP contribution < -0.4 is 5.73 Å². The standard InChI is InChI=1S/C10H7FN2O3/c11-8-6-9(12)10(13(15)16)5-7(8)3-1-2-4-14/h4-6H,2,12H2. The molecule has 82 valence electrons. The molecule has 0 heterocycles. The summed E-state index contributed by atoms with van der Waals surface area (Å²) >= 11 is 0. The van der Waals surface area contributed by atoms with Gasteiger partial charge in [-0.05, 0) is 0 Å². The van der Waals surface area contributed by atoms with Gasteiger partial charge < -0.3 is 10.5 Å². The molecule has 0 unspecified atom stereocenters. The number of nitro benzene ring substituents is 1. The molecule has 0 bridgehead atoms. The first-order valence-corrected chi connectivity index (χ1v) is 4.22. The van der Waals surface area contributed by atoms with Gasteiger partial charge in [0.1, 0.15) is 17.8 Å². The van der Waals surface area contributed by atoms with Crippen LogP contribution in [0.2, 0.25) is 0 Å². The van der Waals surface area contributed by atoms with Gasteiger partial charge in [-0.3, -0.25) is 10.1 Å². The third-order valence-corrected chi connectivity index (χ3v) is 1.72. The zero-order chi connectivity index (χ0) is 12.1. The molecule has 0 aliphatic heterocycles. The molecular weight excluding hydrogens is 215 g/mol. The molecule has 0 radical (unpaired) electrons. The van der Waals surface area contributed by atoms with Crippen LogP contribution in [-0.4, -0.2) is 11.2 Å². The van der Waals surface area contributed by atoms with Crippen LogP contribution in [0.3, 0.4) is 0 Å². The van der Waals surface area contributed by atoms with Crippen LogP contribution in [0.5, 0.6) is 0 Å². The molecule has 0 aliphatic carbocycles. The summed E-state index contributed by atoms with van der Waals surface area (Å²) in [6.07, 6.45) is 0.494. The van der Waals surface area contributed by atoms with Crippen molar-refractivity contribution in [2.45, 2.75) is 6.42 Å². The minimum absolute atomic E-state index is 0.0579. The molecule has 0 atom stereocenters. The van der Waals surface area contributed by atoms with Crippen molar-refractivity contribution in [1.82, 2.24) is 0 Å². The van der Waals surface area contributed by atoms with Crippen LogP contribution in [0.1, 0.15) is 12.0 Å². The molecule has 0 fully saturated rings. The molecule has 0 spiro atoms. The summed E-state index contributed by atoms with van der Waals surface area (Å²) in [6, 6.07) is 1.78. The highest BCUT2D eigenvalue weighted by Crippen LogP contribution is 2.24. The van der Waals surface area contributed by atoms with Gasteiger partial charge in [-0.2, -0.15) is 0 Å². The number of carbonyl (C=O) groups is 1. The molecule has 0 amide bonds. The summed E-state index contributed by atoms with van der Waals surface area (Å²) in [5.41, 5.74) is 4.44. The Hall–Kier alpha value is -2.42. The Morgan fingerprint density at radius 1 is 1.56 bits per heavy atom. The van der Waals surface area contributed by atoms with Crippen LogP contribution in [0.4, 0.5) is 15.8 Å². The monoisotopic (exact) mass is 222 g/mol. The topological polar surface area (TPSA) is 86.2 Å². The number of rotatable bonds is 2. The Kier molecular flexibility index (Phi) is 3.56. The SMILES string of the molecule is Nc1cc(F)c(C#CCC=O)cc1[N+](=O)[O-]. The smallest absolute Gasteiger partial charge is 0.293 e. The van der Waals surface area contributed by atoms with Crippen LogP contribution in [0, 0.1) is 27.8 Å². The fourth-order valence-electron chi connectivity index (χ4n) is 1.02. The Bertz CT molecular complexity index is 503. The number of benzene rings is 1. The number of carbonyl (C=O) groups excluding carboxylic acids is 1. The van der Waals surface area contributed by atoms with Gasteiger partial charge in [0.05, 0.1) is 16.9 Å². The molecule has 1 aromatic carbocycles. The third-order valence-electron chi connectivity index (χ3n) is 1.72. The first-order chi connectivity index (χ1) is 7.56. The summed E-state index contributed by atoms with van der Waals surface area (Å²) in [6.45, 7) is 0. The second kappa shape index (κ2) is 4.89. The number of nitrogen functional groups attached to an aromatic ring is 1. The van der Waals surface area contributed by atoms with Gasteiger partial charge in [0.25, 0.3) is 5.69 Å². The second-order valence-electron chi connectivity index (χ2n) is 2.82. The predicted octanol–water partition coefficient (Wildman–Crippen LogP) is 1.26. The maximum atomic E-state index is 13.2. The van der Waals surface area contributed by atoms with E-state index in [2.05, 4.69) is 11.8 Å². The lowest BCUT2D eigenvalue weighted by molar-refractivity contribution is -0.384. The van der Waals surface area contributed by atoms with E-state index in [0.29, 0.717) is 6.29 Å². The number of halogens is 1. The number of hydrogen-bond acceptors (Lipinski definition) is 4. The van der Waals surface area contributed by atoms with E-state index in [1.165, 1.54) is 0 Å². The third kappa shape index (κ3) is 2.54. The molecule has 5 nitrogen and oxygen atoms in total. The number of nitrogens with zero attached hydrogens (tertiary/aromatic N) is 1. The van der Waals surface area contributed by atoms with Gasteiger partial charge in [-0.25, -0.2) is 4.39 Å². The van der Waals surface area contributed by atoms with E-state index < -0.39 is 16.4 Å². The molecule has 0 saturated carbocycles.